The summed E-state index contributed by atoms with van der Waals surface area (Å²) in [6.45, 7) is 0. The summed E-state index contributed by atoms with van der Waals surface area (Å²) in [5.74, 6) is -1.08. The predicted molar refractivity (Wildman–Crippen MR) is 38.9 cm³/mol. The zero-order valence-electron chi connectivity index (χ0n) is 5.64. The fourth-order valence-corrected chi connectivity index (χ4v) is 0.542. The molecule has 0 aromatic carbocycles. The number of azo groups is 1. The van der Waals surface area contributed by atoms with Crippen molar-refractivity contribution in [2.75, 3.05) is 0 Å². The third-order valence-corrected chi connectivity index (χ3v) is 1.01. The highest BCUT2D eigenvalue weighted by atomic mass is 16.4. The minimum Gasteiger partial charge on any atom is -0.476 e. The van der Waals surface area contributed by atoms with Crippen molar-refractivity contribution in [2.45, 2.75) is 0 Å². The molecule has 0 aromatic rings. The van der Waals surface area contributed by atoms with Gasteiger partial charge in [-0.2, -0.15) is 5.11 Å². The van der Waals surface area contributed by atoms with Crippen LogP contribution in [0.15, 0.2) is 46.4 Å². The van der Waals surface area contributed by atoms with Crippen LogP contribution >= 0.6 is 0 Å². The molecule has 4 heteroatoms. The van der Waals surface area contributed by atoms with Crippen LogP contribution in [0.25, 0.3) is 0 Å². The van der Waals surface area contributed by atoms with Crippen LogP contribution in [0.5, 0.6) is 0 Å². The van der Waals surface area contributed by atoms with Gasteiger partial charge >= 0.3 is 5.97 Å². The zero-order chi connectivity index (χ0) is 8.10. The van der Waals surface area contributed by atoms with E-state index < -0.39 is 5.97 Å². The fourth-order valence-electron chi connectivity index (χ4n) is 0.542. The van der Waals surface area contributed by atoms with E-state index in [-0.39, 0.29) is 5.70 Å². The normalized spacial score (nSPS) is 28.9. The molecule has 1 aliphatic heterocycles. The third kappa shape index (κ3) is 2.17. The lowest BCUT2D eigenvalue weighted by Crippen LogP contribution is -1.96. The number of carboxylic acids is 1. The van der Waals surface area contributed by atoms with Crippen LogP contribution < -0.4 is 0 Å². The summed E-state index contributed by atoms with van der Waals surface area (Å²) >= 11 is 0. The van der Waals surface area contributed by atoms with E-state index in [2.05, 4.69) is 10.2 Å². The van der Waals surface area contributed by atoms with E-state index in [1.807, 2.05) is 0 Å². The summed E-state index contributed by atoms with van der Waals surface area (Å²) in [4.78, 5) is 10.3. The van der Waals surface area contributed by atoms with Crippen LogP contribution in [0.1, 0.15) is 0 Å². The molecule has 4 nitrogen and oxygen atoms in total. The Morgan fingerprint density at radius 3 is 2.91 bits per heavy atom. The van der Waals surface area contributed by atoms with Crippen molar-refractivity contribution in [3.8, 4) is 0 Å². The molecule has 11 heavy (non-hydrogen) atoms. The Hall–Kier alpha value is -1.71. The molecule has 0 saturated heterocycles. The summed E-state index contributed by atoms with van der Waals surface area (Å²) in [5, 5.41) is 15.4. The van der Waals surface area contributed by atoms with E-state index in [1.165, 1.54) is 12.3 Å². The number of carboxylic acid groups (broad SMARTS) is 1. The van der Waals surface area contributed by atoms with Crippen molar-refractivity contribution in [1.29, 1.82) is 0 Å². The number of aliphatic carboxylic acids is 1. The SMILES string of the molecule is O=C(O)C1=C/C=C\C=C/N=N\1. The first kappa shape index (κ1) is 7.40. The number of hydrogen-bond donors (Lipinski definition) is 1. The summed E-state index contributed by atoms with van der Waals surface area (Å²) in [7, 11) is 0. The lowest BCUT2D eigenvalue weighted by Gasteiger charge is -1.90. The largest absolute Gasteiger partial charge is 0.476 e. The molecule has 1 heterocycles. The molecular weight excluding hydrogens is 144 g/mol. The van der Waals surface area contributed by atoms with E-state index >= 15 is 0 Å². The molecule has 0 bridgehead atoms. The molecule has 1 rings (SSSR count). The van der Waals surface area contributed by atoms with Gasteiger partial charge in [-0.15, -0.1) is 5.11 Å². The molecule has 0 aliphatic carbocycles. The van der Waals surface area contributed by atoms with Crippen LogP contribution in [0.3, 0.4) is 0 Å². The Morgan fingerprint density at radius 2 is 2.18 bits per heavy atom. The minimum atomic E-state index is -1.08. The Morgan fingerprint density at radius 1 is 1.36 bits per heavy atom. The second-order valence-corrected chi connectivity index (χ2v) is 1.80. The molecule has 0 atom stereocenters. The molecule has 0 fully saturated rings. The molecule has 0 saturated carbocycles. The maximum absolute atomic E-state index is 10.3. The van der Waals surface area contributed by atoms with E-state index in [9.17, 15) is 4.79 Å². The van der Waals surface area contributed by atoms with Crippen LogP contribution in [-0.2, 0) is 4.79 Å². The molecule has 0 aromatic heterocycles. The lowest BCUT2D eigenvalue weighted by atomic mass is 10.3. The molecular formula is C7H6N2O2. The van der Waals surface area contributed by atoms with Crippen molar-refractivity contribution >= 4 is 5.97 Å². The van der Waals surface area contributed by atoms with Crippen molar-refractivity contribution < 1.29 is 9.90 Å². The quantitative estimate of drug-likeness (QED) is 0.615. The highest BCUT2D eigenvalue weighted by Gasteiger charge is 2.03. The summed E-state index contributed by atoms with van der Waals surface area (Å²) in [5.41, 5.74) is -0.0643. The van der Waals surface area contributed by atoms with E-state index in [0.717, 1.165) is 0 Å². The van der Waals surface area contributed by atoms with Crippen molar-refractivity contribution in [3.05, 3.63) is 36.2 Å². The highest BCUT2D eigenvalue weighted by molar-refractivity contribution is 5.86. The first-order valence-electron chi connectivity index (χ1n) is 2.98. The predicted octanol–water partition coefficient (Wildman–Crippen LogP) is 1.49. The number of hydrogen-bond acceptors (Lipinski definition) is 3. The molecule has 0 radical (unpaired) electrons. The second-order valence-electron chi connectivity index (χ2n) is 1.80. The van der Waals surface area contributed by atoms with Gasteiger partial charge in [0.05, 0.1) is 0 Å². The van der Waals surface area contributed by atoms with E-state index in [1.54, 1.807) is 18.2 Å². The van der Waals surface area contributed by atoms with Crippen molar-refractivity contribution in [3.63, 3.8) is 0 Å². The number of rotatable bonds is 1. The maximum Gasteiger partial charge on any atom is 0.356 e. The van der Waals surface area contributed by atoms with Gasteiger partial charge in [-0.05, 0) is 12.2 Å². The first-order chi connectivity index (χ1) is 5.30. The Labute approximate surface area is 63.3 Å². The van der Waals surface area contributed by atoms with Gasteiger partial charge in [-0.3, -0.25) is 0 Å². The number of nitrogens with zero attached hydrogens (tertiary/aromatic N) is 2. The van der Waals surface area contributed by atoms with Crippen LogP contribution in [0, 0.1) is 0 Å². The average molecular weight is 150 g/mol. The highest BCUT2D eigenvalue weighted by Crippen LogP contribution is 2.01. The van der Waals surface area contributed by atoms with Gasteiger partial charge in [-0.25, -0.2) is 4.79 Å². The maximum atomic E-state index is 10.3. The van der Waals surface area contributed by atoms with Gasteiger partial charge in [-0.1, -0.05) is 12.2 Å². The van der Waals surface area contributed by atoms with Crippen molar-refractivity contribution in [2.24, 2.45) is 10.2 Å². The Bertz CT molecular complexity index is 274. The number of allylic oxidation sites excluding steroid dienone is 4. The summed E-state index contributed by atoms with van der Waals surface area (Å²) in [6, 6.07) is 0. The molecule has 1 N–H and O–H groups in total. The monoisotopic (exact) mass is 150 g/mol. The van der Waals surface area contributed by atoms with Gasteiger partial charge < -0.3 is 5.11 Å². The van der Waals surface area contributed by atoms with E-state index in [4.69, 9.17) is 5.11 Å². The smallest absolute Gasteiger partial charge is 0.356 e. The molecule has 1 aliphatic rings. The third-order valence-electron chi connectivity index (χ3n) is 1.01. The fraction of sp³-hybridized carbons (Fsp3) is 0. The van der Waals surface area contributed by atoms with Crippen LogP contribution in [0.4, 0.5) is 0 Å². The van der Waals surface area contributed by atoms with Crippen LogP contribution in [-0.4, -0.2) is 11.1 Å². The van der Waals surface area contributed by atoms with Gasteiger partial charge in [0.2, 0.25) is 0 Å². The molecule has 0 spiro atoms. The summed E-state index contributed by atoms with van der Waals surface area (Å²) in [6.07, 6.45) is 7.75. The Kier molecular flexibility index (Phi) is 2.32. The average Bonchev–Trinajstić information content (AvgIpc) is 1.84. The molecule has 56 valence electrons. The Balaban J connectivity index is 2.87. The van der Waals surface area contributed by atoms with Crippen LogP contribution in [0.2, 0.25) is 0 Å². The van der Waals surface area contributed by atoms with E-state index in [0.29, 0.717) is 0 Å². The lowest BCUT2D eigenvalue weighted by molar-refractivity contribution is -0.132. The molecule has 0 unspecified atom stereocenters. The van der Waals surface area contributed by atoms with Gasteiger partial charge in [0.25, 0.3) is 0 Å². The molecule has 0 amide bonds. The van der Waals surface area contributed by atoms with Gasteiger partial charge in [0.15, 0.2) is 5.70 Å². The second kappa shape index (κ2) is 3.46. The topological polar surface area (TPSA) is 62.0 Å². The standard InChI is InChI=1S/C7H6N2O2/c10-7(11)6-4-2-1-3-5-8-9-6/h1-5H,(H,10,11)/b2-1-,3-1?,4-2?,5-3-,6-4-,8-5?,9-6?,9-8-. The minimum absolute atomic E-state index is 0.0643. The zero-order valence-corrected chi connectivity index (χ0v) is 5.64. The van der Waals surface area contributed by atoms with Gasteiger partial charge in [0, 0.05) is 6.20 Å². The first-order valence-corrected chi connectivity index (χ1v) is 2.98. The number of carbonyl (C=O) groups is 1. The van der Waals surface area contributed by atoms with Crippen molar-refractivity contribution in [1.82, 2.24) is 0 Å². The summed E-state index contributed by atoms with van der Waals surface area (Å²) < 4.78 is 0. The van der Waals surface area contributed by atoms with Gasteiger partial charge in [0.1, 0.15) is 0 Å².